The number of carbonyl (C=O) groups excluding carboxylic acids is 1. The second kappa shape index (κ2) is 5.94. The maximum Gasteiger partial charge on any atom is 0.280 e. The monoisotopic (exact) mass is 307 g/mol. The molecule has 1 amide bonds. The number of aliphatic imine (C=N–C) groups is 1. The smallest absolute Gasteiger partial charge is 0.280 e. The van der Waals surface area contributed by atoms with Gasteiger partial charge in [0.25, 0.3) is 5.91 Å². The standard InChI is InChI=1S/C14H11Cl2N3O/c15-11-6-2-5-10(12(11)16)8-3-1-4-9(7-8)13(20)19-14(17)18/h1-7H,(H4,17,18,19,20). The summed E-state index contributed by atoms with van der Waals surface area (Å²) in [5.74, 6) is -0.786. The van der Waals surface area contributed by atoms with Crippen molar-refractivity contribution in [1.82, 2.24) is 0 Å². The Morgan fingerprint density at radius 3 is 2.45 bits per heavy atom. The summed E-state index contributed by atoms with van der Waals surface area (Å²) in [6.45, 7) is 0. The number of hydrogen-bond donors (Lipinski definition) is 2. The molecular formula is C14H11Cl2N3O. The van der Waals surface area contributed by atoms with Crippen molar-refractivity contribution in [3.63, 3.8) is 0 Å². The normalized spacial score (nSPS) is 10.1. The first-order valence-electron chi connectivity index (χ1n) is 5.67. The molecule has 0 aliphatic carbocycles. The Bertz CT molecular complexity index is 695. The van der Waals surface area contributed by atoms with Crippen molar-refractivity contribution in [2.75, 3.05) is 0 Å². The lowest BCUT2D eigenvalue weighted by atomic mass is 10.0. The van der Waals surface area contributed by atoms with Crippen LogP contribution >= 0.6 is 23.2 Å². The third-order valence-electron chi connectivity index (χ3n) is 2.60. The molecule has 0 saturated heterocycles. The van der Waals surface area contributed by atoms with Crippen LogP contribution in [-0.4, -0.2) is 11.9 Å². The topological polar surface area (TPSA) is 81.5 Å². The van der Waals surface area contributed by atoms with Crippen LogP contribution < -0.4 is 11.5 Å². The number of amides is 1. The summed E-state index contributed by atoms with van der Waals surface area (Å²) in [4.78, 5) is 15.3. The lowest BCUT2D eigenvalue weighted by Gasteiger charge is -2.07. The molecule has 0 aliphatic heterocycles. The summed E-state index contributed by atoms with van der Waals surface area (Å²) in [6, 6.07) is 12.1. The summed E-state index contributed by atoms with van der Waals surface area (Å²) < 4.78 is 0. The minimum absolute atomic E-state index is 0.277. The largest absolute Gasteiger partial charge is 0.370 e. The molecule has 4 N–H and O–H groups in total. The van der Waals surface area contributed by atoms with E-state index < -0.39 is 5.91 Å². The van der Waals surface area contributed by atoms with Crippen LogP contribution in [0, 0.1) is 0 Å². The van der Waals surface area contributed by atoms with Gasteiger partial charge in [-0.05, 0) is 23.8 Å². The van der Waals surface area contributed by atoms with E-state index in [1.807, 2.05) is 12.1 Å². The molecule has 2 aromatic carbocycles. The zero-order valence-corrected chi connectivity index (χ0v) is 11.8. The fourth-order valence-electron chi connectivity index (χ4n) is 1.73. The van der Waals surface area contributed by atoms with Crippen molar-refractivity contribution in [2.24, 2.45) is 16.5 Å². The van der Waals surface area contributed by atoms with Crippen LogP contribution in [0.2, 0.25) is 10.0 Å². The van der Waals surface area contributed by atoms with Crippen molar-refractivity contribution >= 4 is 35.1 Å². The Morgan fingerprint density at radius 1 is 1.05 bits per heavy atom. The van der Waals surface area contributed by atoms with Crippen LogP contribution in [0.25, 0.3) is 11.1 Å². The van der Waals surface area contributed by atoms with E-state index in [1.54, 1.807) is 30.3 Å². The van der Waals surface area contributed by atoms with Crippen molar-refractivity contribution in [3.8, 4) is 11.1 Å². The first kappa shape index (κ1) is 14.4. The number of rotatable bonds is 2. The number of nitrogens with zero attached hydrogens (tertiary/aromatic N) is 1. The number of hydrogen-bond acceptors (Lipinski definition) is 1. The van der Waals surface area contributed by atoms with Crippen LogP contribution in [0.15, 0.2) is 47.5 Å². The number of carbonyl (C=O) groups is 1. The Labute approximate surface area is 126 Å². The Morgan fingerprint density at radius 2 is 1.75 bits per heavy atom. The van der Waals surface area contributed by atoms with Gasteiger partial charge in [0.15, 0.2) is 5.96 Å². The van der Waals surface area contributed by atoms with Crippen molar-refractivity contribution in [3.05, 3.63) is 58.1 Å². The van der Waals surface area contributed by atoms with Crippen molar-refractivity contribution in [1.29, 1.82) is 0 Å². The molecule has 0 aromatic heterocycles. The predicted molar refractivity (Wildman–Crippen MR) is 82.0 cm³/mol. The number of halogens is 2. The number of benzene rings is 2. The molecule has 0 spiro atoms. The third-order valence-corrected chi connectivity index (χ3v) is 3.42. The molecule has 4 nitrogen and oxygen atoms in total. The lowest BCUT2D eigenvalue weighted by Crippen LogP contribution is -2.24. The maximum absolute atomic E-state index is 11.8. The van der Waals surface area contributed by atoms with E-state index in [0.717, 1.165) is 11.1 Å². The quantitative estimate of drug-likeness (QED) is 0.661. The van der Waals surface area contributed by atoms with Gasteiger partial charge in [-0.1, -0.05) is 47.5 Å². The summed E-state index contributed by atoms with van der Waals surface area (Å²) in [7, 11) is 0. The summed E-state index contributed by atoms with van der Waals surface area (Å²) in [6.07, 6.45) is 0. The Balaban J connectivity index is 2.47. The van der Waals surface area contributed by atoms with E-state index >= 15 is 0 Å². The molecule has 6 heteroatoms. The number of nitrogens with two attached hydrogens (primary N) is 2. The van der Waals surface area contributed by atoms with Gasteiger partial charge in [-0.2, -0.15) is 4.99 Å². The van der Waals surface area contributed by atoms with E-state index in [-0.39, 0.29) is 5.96 Å². The summed E-state index contributed by atoms with van der Waals surface area (Å²) in [5, 5.41) is 0.880. The van der Waals surface area contributed by atoms with Crippen molar-refractivity contribution in [2.45, 2.75) is 0 Å². The van der Waals surface area contributed by atoms with Crippen LogP contribution in [0.3, 0.4) is 0 Å². The van der Waals surface area contributed by atoms with Crippen LogP contribution in [0.4, 0.5) is 0 Å². The SMILES string of the molecule is NC(N)=NC(=O)c1cccc(-c2cccc(Cl)c2Cl)c1. The van der Waals surface area contributed by atoms with Gasteiger partial charge in [0.1, 0.15) is 0 Å². The lowest BCUT2D eigenvalue weighted by molar-refractivity contribution is 0.100. The molecule has 2 rings (SSSR count). The number of guanidine groups is 1. The highest BCUT2D eigenvalue weighted by Crippen LogP contribution is 2.33. The molecular weight excluding hydrogens is 297 g/mol. The second-order valence-corrected chi connectivity index (χ2v) is 4.81. The summed E-state index contributed by atoms with van der Waals surface area (Å²) >= 11 is 12.1. The van der Waals surface area contributed by atoms with E-state index in [0.29, 0.717) is 15.6 Å². The van der Waals surface area contributed by atoms with Gasteiger partial charge in [-0.3, -0.25) is 4.79 Å². The second-order valence-electron chi connectivity index (χ2n) is 4.02. The zero-order valence-electron chi connectivity index (χ0n) is 10.3. The van der Waals surface area contributed by atoms with Gasteiger partial charge in [0.05, 0.1) is 10.0 Å². The first-order valence-corrected chi connectivity index (χ1v) is 6.43. The van der Waals surface area contributed by atoms with Crippen LogP contribution in [0.1, 0.15) is 10.4 Å². The molecule has 0 radical (unpaired) electrons. The average molecular weight is 308 g/mol. The Hall–Kier alpha value is -2.04. The van der Waals surface area contributed by atoms with Crippen LogP contribution in [-0.2, 0) is 0 Å². The highest BCUT2D eigenvalue weighted by molar-refractivity contribution is 6.43. The van der Waals surface area contributed by atoms with E-state index in [9.17, 15) is 4.79 Å². The van der Waals surface area contributed by atoms with Gasteiger partial charge in [0.2, 0.25) is 0 Å². The van der Waals surface area contributed by atoms with E-state index in [2.05, 4.69) is 4.99 Å². The zero-order chi connectivity index (χ0) is 14.7. The average Bonchev–Trinajstić information content (AvgIpc) is 2.41. The molecule has 102 valence electrons. The van der Waals surface area contributed by atoms with E-state index in [1.165, 1.54) is 0 Å². The molecule has 0 aliphatic rings. The maximum atomic E-state index is 11.8. The third kappa shape index (κ3) is 3.10. The van der Waals surface area contributed by atoms with Gasteiger partial charge in [0, 0.05) is 11.1 Å². The molecule has 0 unspecified atom stereocenters. The molecule has 0 heterocycles. The predicted octanol–water partition coefficient (Wildman–Crippen LogP) is 3.07. The minimum Gasteiger partial charge on any atom is -0.370 e. The highest BCUT2D eigenvalue weighted by atomic mass is 35.5. The molecule has 20 heavy (non-hydrogen) atoms. The van der Waals surface area contributed by atoms with Crippen LogP contribution in [0.5, 0.6) is 0 Å². The fourth-order valence-corrected chi connectivity index (χ4v) is 2.14. The molecule has 0 saturated carbocycles. The molecule has 2 aromatic rings. The van der Waals surface area contributed by atoms with Gasteiger partial charge in [-0.15, -0.1) is 0 Å². The Kier molecular flexibility index (Phi) is 4.27. The molecule has 0 atom stereocenters. The highest BCUT2D eigenvalue weighted by Gasteiger charge is 2.10. The fraction of sp³-hybridized carbons (Fsp3) is 0. The minimum atomic E-state index is -0.509. The molecule has 0 fully saturated rings. The van der Waals surface area contributed by atoms with Gasteiger partial charge < -0.3 is 11.5 Å². The molecule has 0 bridgehead atoms. The van der Waals surface area contributed by atoms with E-state index in [4.69, 9.17) is 34.7 Å². The van der Waals surface area contributed by atoms with Gasteiger partial charge >= 0.3 is 0 Å². The van der Waals surface area contributed by atoms with Crippen molar-refractivity contribution < 1.29 is 4.79 Å². The van der Waals surface area contributed by atoms with Gasteiger partial charge in [-0.25, -0.2) is 0 Å². The summed E-state index contributed by atoms with van der Waals surface area (Å²) in [5.41, 5.74) is 12.2. The first-order chi connectivity index (χ1) is 9.49.